The van der Waals surface area contributed by atoms with Gasteiger partial charge < -0.3 is 15.8 Å². The lowest BCUT2D eigenvalue weighted by Gasteiger charge is -2.56. The Kier molecular flexibility index (Phi) is 3.22. The highest BCUT2D eigenvalue weighted by molar-refractivity contribution is 6.22. The van der Waals surface area contributed by atoms with E-state index in [1.165, 1.54) is 6.42 Å². The SMILES string of the molecule is NC(=O)CN1C(=O)c2ccc(NC34CC5CC(CC(C5)O3)C4)cc2C1=O. The number of rotatable bonds is 4. The maximum atomic E-state index is 12.5. The molecule has 136 valence electrons. The maximum absolute atomic E-state index is 12.5. The number of imide groups is 1. The number of amides is 3. The van der Waals surface area contributed by atoms with E-state index in [-0.39, 0.29) is 5.72 Å². The van der Waals surface area contributed by atoms with Gasteiger partial charge in [-0.15, -0.1) is 0 Å². The summed E-state index contributed by atoms with van der Waals surface area (Å²) in [5.41, 5.74) is 6.18. The maximum Gasteiger partial charge on any atom is 0.262 e. The molecule has 2 saturated heterocycles. The number of ether oxygens (including phenoxy) is 1. The van der Waals surface area contributed by atoms with Crippen molar-refractivity contribution in [3.63, 3.8) is 0 Å². The van der Waals surface area contributed by atoms with Crippen molar-refractivity contribution < 1.29 is 19.1 Å². The standard InChI is InChI=1S/C19H21N3O4/c20-16(23)9-22-17(24)14-2-1-12(6-15(14)18(22)25)21-19-7-10-3-11(8-19)5-13(4-10)26-19/h1-2,6,10-11,13,21H,3-5,7-9H2,(H2,20,23). The largest absolute Gasteiger partial charge is 0.368 e. The Hall–Kier alpha value is -2.41. The molecule has 26 heavy (non-hydrogen) atoms. The number of hydrogen-bond donors (Lipinski definition) is 2. The zero-order valence-electron chi connectivity index (χ0n) is 14.4. The summed E-state index contributed by atoms with van der Waals surface area (Å²) in [4.78, 5) is 36.8. The van der Waals surface area contributed by atoms with Crippen LogP contribution in [0.25, 0.3) is 0 Å². The van der Waals surface area contributed by atoms with Gasteiger partial charge >= 0.3 is 0 Å². The van der Waals surface area contributed by atoms with Crippen LogP contribution in [0.15, 0.2) is 18.2 Å². The van der Waals surface area contributed by atoms with Gasteiger partial charge in [-0.05, 0) is 62.1 Å². The van der Waals surface area contributed by atoms with E-state index in [1.807, 2.05) is 0 Å². The molecule has 4 bridgehead atoms. The normalized spacial score (nSPS) is 34.3. The van der Waals surface area contributed by atoms with Crippen molar-refractivity contribution in [3.05, 3.63) is 29.3 Å². The molecule has 6 rings (SSSR count). The Bertz CT molecular complexity index is 799. The van der Waals surface area contributed by atoms with E-state index < -0.39 is 24.3 Å². The van der Waals surface area contributed by atoms with E-state index >= 15 is 0 Å². The highest BCUT2D eigenvalue weighted by Gasteiger charge is 2.52. The van der Waals surface area contributed by atoms with Crippen LogP contribution in [-0.4, -0.2) is 41.0 Å². The number of benzene rings is 1. The number of anilines is 1. The summed E-state index contributed by atoms with van der Waals surface area (Å²) < 4.78 is 6.32. The lowest BCUT2D eigenvalue weighted by Crippen LogP contribution is -2.58. The number of hydrogen-bond acceptors (Lipinski definition) is 5. The highest BCUT2D eigenvalue weighted by atomic mass is 16.5. The Labute approximate surface area is 150 Å². The van der Waals surface area contributed by atoms with Crippen LogP contribution in [0.5, 0.6) is 0 Å². The van der Waals surface area contributed by atoms with Crippen LogP contribution in [0.4, 0.5) is 5.69 Å². The predicted molar refractivity (Wildman–Crippen MR) is 92.3 cm³/mol. The number of nitrogens with two attached hydrogens (primary N) is 1. The Morgan fingerprint density at radius 3 is 2.50 bits per heavy atom. The molecule has 0 radical (unpaired) electrons. The number of fused-ring (bicyclic) bond motifs is 1. The minimum absolute atomic E-state index is 0.311. The van der Waals surface area contributed by atoms with Crippen molar-refractivity contribution in [2.45, 2.75) is 43.9 Å². The topological polar surface area (TPSA) is 102 Å². The molecule has 0 aromatic heterocycles. The molecule has 2 unspecified atom stereocenters. The van der Waals surface area contributed by atoms with Crippen LogP contribution in [0.2, 0.25) is 0 Å². The van der Waals surface area contributed by atoms with Crippen LogP contribution in [-0.2, 0) is 9.53 Å². The zero-order valence-corrected chi connectivity index (χ0v) is 14.4. The minimum atomic E-state index is -0.708. The summed E-state index contributed by atoms with van der Waals surface area (Å²) in [7, 11) is 0. The molecule has 3 aliphatic heterocycles. The molecule has 3 amide bonds. The first-order valence-electron chi connectivity index (χ1n) is 9.17. The number of primary amides is 1. The second kappa shape index (κ2) is 5.30. The molecule has 4 fully saturated rings. The molecular weight excluding hydrogens is 334 g/mol. The predicted octanol–water partition coefficient (Wildman–Crippen LogP) is 1.48. The Balaban J connectivity index is 1.41. The fraction of sp³-hybridized carbons (Fsp3) is 0.526. The summed E-state index contributed by atoms with van der Waals surface area (Å²) >= 11 is 0. The van der Waals surface area contributed by atoms with Gasteiger partial charge in [0.05, 0.1) is 17.2 Å². The minimum Gasteiger partial charge on any atom is -0.368 e. The first-order chi connectivity index (χ1) is 12.4. The van der Waals surface area contributed by atoms with Gasteiger partial charge in [0, 0.05) is 5.69 Å². The van der Waals surface area contributed by atoms with Gasteiger partial charge in [0.25, 0.3) is 11.8 Å². The zero-order chi connectivity index (χ0) is 18.1. The molecule has 0 spiro atoms. The van der Waals surface area contributed by atoms with Crippen LogP contribution < -0.4 is 11.1 Å². The molecule has 1 aromatic rings. The first kappa shape index (κ1) is 15.8. The van der Waals surface area contributed by atoms with Crippen LogP contribution in [0, 0.1) is 11.8 Å². The summed E-state index contributed by atoms with van der Waals surface area (Å²) in [6, 6.07) is 5.14. The van der Waals surface area contributed by atoms with Gasteiger partial charge in [-0.1, -0.05) is 0 Å². The lowest BCUT2D eigenvalue weighted by atomic mass is 9.65. The van der Waals surface area contributed by atoms with Crippen molar-refractivity contribution in [2.24, 2.45) is 17.6 Å². The van der Waals surface area contributed by atoms with E-state index in [0.29, 0.717) is 29.1 Å². The molecule has 3 heterocycles. The Morgan fingerprint density at radius 1 is 1.15 bits per heavy atom. The third-order valence-corrected chi connectivity index (χ3v) is 6.14. The van der Waals surface area contributed by atoms with Crippen LogP contribution in [0.1, 0.15) is 52.8 Å². The number of carbonyl (C=O) groups is 3. The van der Waals surface area contributed by atoms with Crippen LogP contribution in [0.3, 0.4) is 0 Å². The molecule has 1 aromatic carbocycles. The van der Waals surface area contributed by atoms with Crippen molar-refractivity contribution in [2.75, 3.05) is 11.9 Å². The first-order valence-corrected chi connectivity index (χ1v) is 9.17. The molecule has 2 saturated carbocycles. The lowest BCUT2D eigenvalue weighted by molar-refractivity contribution is -0.205. The van der Waals surface area contributed by atoms with E-state index in [0.717, 1.165) is 36.3 Å². The summed E-state index contributed by atoms with van der Waals surface area (Å²) in [5, 5.41) is 3.51. The van der Waals surface area contributed by atoms with Gasteiger partial charge in [0.15, 0.2) is 0 Å². The molecule has 7 heteroatoms. The van der Waals surface area contributed by atoms with Gasteiger partial charge in [-0.25, -0.2) is 0 Å². The van der Waals surface area contributed by atoms with E-state index in [4.69, 9.17) is 10.5 Å². The smallest absolute Gasteiger partial charge is 0.262 e. The monoisotopic (exact) mass is 355 g/mol. The number of carbonyl (C=O) groups excluding carboxylic acids is 3. The van der Waals surface area contributed by atoms with E-state index in [9.17, 15) is 14.4 Å². The van der Waals surface area contributed by atoms with Crippen LogP contribution >= 0.6 is 0 Å². The number of nitrogens with zero attached hydrogens (tertiary/aromatic N) is 1. The van der Waals surface area contributed by atoms with Crippen molar-refractivity contribution in [1.82, 2.24) is 4.90 Å². The number of nitrogens with one attached hydrogen (secondary N) is 1. The van der Waals surface area contributed by atoms with Gasteiger partial charge in [-0.3, -0.25) is 19.3 Å². The van der Waals surface area contributed by atoms with E-state index in [2.05, 4.69) is 5.32 Å². The summed E-state index contributed by atoms with van der Waals surface area (Å²) in [6.45, 7) is -0.396. The quantitative estimate of drug-likeness (QED) is 0.797. The average Bonchev–Trinajstić information content (AvgIpc) is 2.77. The third kappa shape index (κ3) is 2.34. The van der Waals surface area contributed by atoms with Gasteiger partial charge in [0.2, 0.25) is 5.91 Å². The van der Waals surface area contributed by atoms with E-state index in [1.54, 1.807) is 18.2 Å². The highest BCUT2D eigenvalue weighted by Crippen LogP contribution is 2.53. The third-order valence-electron chi connectivity index (χ3n) is 6.14. The molecule has 2 atom stereocenters. The molecule has 2 aliphatic carbocycles. The van der Waals surface area contributed by atoms with Crippen molar-refractivity contribution in [1.29, 1.82) is 0 Å². The summed E-state index contributed by atoms with van der Waals surface area (Å²) in [5.74, 6) is -0.241. The fourth-order valence-electron chi connectivity index (χ4n) is 5.43. The average molecular weight is 355 g/mol. The molecule has 3 N–H and O–H groups in total. The fourth-order valence-corrected chi connectivity index (χ4v) is 5.43. The van der Waals surface area contributed by atoms with Crippen molar-refractivity contribution in [3.8, 4) is 0 Å². The van der Waals surface area contributed by atoms with Crippen molar-refractivity contribution >= 4 is 23.4 Å². The second-order valence-corrected chi connectivity index (χ2v) is 8.13. The van der Waals surface area contributed by atoms with Gasteiger partial charge in [0.1, 0.15) is 12.3 Å². The summed E-state index contributed by atoms with van der Waals surface area (Å²) in [6.07, 6.45) is 5.90. The molecule has 7 nitrogen and oxygen atoms in total. The molecular formula is C19H21N3O4. The van der Waals surface area contributed by atoms with Gasteiger partial charge in [-0.2, -0.15) is 0 Å². The Morgan fingerprint density at radius 2 is 1.85 bits per heavy atom. The second-order valence-electron chi connectivity index (χ2n) is 8.13. The molecule has 5 aliphatic rings.